The Balaban J connectivity index is 2.03. The first-order chi connectivity index (χ1) is 13.5. The lowest BCUT2D eigenvalue weighted by Crippen LogP contribution is -2.06. The van der Waals surface area contributed by atoms with Crippen LogP contribution in [0.3, 0.4) is 0 Å². The third kappa shape index (κ3) is 4.62. The van der Waals surface area contributed by atoms with E-state index in [1.807, 2.05) is 13.8 Å². The van der Waals surface area contributed by atoms with Gasteiger partial charge in [0.1, 0.15) is 18.2 Å². The van der Waals surface area contributed by atoms with Crippen LogP contribution in [-0.4, -0.2) is 22.1 Å². The molecule has 0 radical (unpaired) electrons. The Bertz CT molecular complexity index is 969. The number of anilines is 2. The van der Waals surface area contributed by atoms with Crippen LogP contribution in [0.25, 0.3) is 11.4 Å². The van der Waals surface area contributed by atoms with Crippen LogP contribution < -0.4 is 5.32 Å². The van der Waals surface area contributed by atoms with E-state index in [-0.39, 0.29) is 23.9 Å². The van der Waals surface area contributed by atoms with Gasteiger partial charge in [-0.1, -0.05) is 25.4 Å². The number of halogens is 2. The Kier molecular flexibility index (Phi) is 6.51. The Hall–Kier alpha value is -2.61. The summed E-state index contributed by atoms with van der Waals surface area (Å²) in [6.07, 6.45) is 5.03. The number of benzene rings is 1. The molecule has 2 aromatic heterocycles. The normalized spacial score (nSPS) is 11.1. The van der Waals surface area contributed by atoms with Gasteiger partial charge in [-0.2, -0.15) is 0 Å². The topological polar surface area (TPSA) is 69.2 Å². The molecule has 1 N–H and O–H groups in total. The quantitative estimate of drug-likeness (QED) is 0.428. The van der Waals surface area contributed by atoms with Crippen LogP contribution in [0.5, 0.6) is 0 Å². The van der Waals surface area contributed by atoms with Gasteiger partial charge in [-0.25, -0.2) is 24.1 Å². The van der Waals surface area contributed by atoms with Gasteiger partial charge in [0.25, 0.3) is 0 Å². The molecule has 0 aliphatic rings. The zero-order valence-electron chi connectivity index (χ0n) is 15.7. The molecule has 0 atom stereocenters. The van der Waals surface area contributed by atoms with E-state index in [4.69, 9.17) is 16.5 Å². The van der Waals surface area contributed by atoms with Gasteiger partial charge >= 0.3 is 0 Å². The number of aromatic nitrogens is 3. The SMILES string of the molecule is COOCc1cnccc1Nc1nc(-c2cc(Cl)ccc2F)ncc1C(C)C. The molecular weight excluding hydrogens is 383 g/mol. The number of nitrogens with zero attached hydrogens (tertiary/aromatic N) is 3. The summed E-state index contributed by atoms with van der Waals surface area (Å²) >= 11 is 6.02. The third-order valence-corrected chi connectivity index (χ3v) is 4.33. The lowest BCUT2D eigenvalue weighted by Gasteiger charge is -2.16. The van der Waals surface area contributed by atoms with Crippen molar-refractivity contribution in [1.29, 1.82) is 0 Å². The molecule has 0 bridgehead atoms. The minimum atomic E-state index is -0.439. The molecule has 0 saturated carbocycles. The first-order valence-electron chi connectivity index (χ1n) is 8.67. The predicted molar refractivity (Wildman–Crippen MR) is 106 cm³/mol. The fourth-order valence-electron chi connectivity index (χ4n) is 2.63. The standard InChI is InChI=1S/C20H20ClFN4O2/c1-12(2)16-10-24-19(15-8-14(21)4-5-17(15)22)26-20(16)25-18-6-7-23-9-13(18)11-28-27-3/h4-10,12H,11H2,1-3H3,(H,23,24,25,26). The zero-order valence-corrected chi connectivity index (χ0v) is 16.5. The molecule has 6 nitrogen and oxygen atoms in total. The van der Waals surface area contributed by atoms with Crippen LogP contribution in [-0.2, 0) is 16.4 Å². The second kappa shape index (κ2) is 9.05. The molecule has 0 unspecified atom stereocenters. The molecule has 0 aliphatic heterocycles. The molecule has 28 heavy (non-hydrogen) atoms. The summed E-state index contributed by atoms with van der Waals surface area (Å²) in [6.45, 7) is 4.28. The molecule has 0 amide bonds. The van der Waals surface area contributed by atoms with Gasteiger partial charge in [0.05, 0.1) is 12.7 Å². The second-order valence-electron chi connectivity index (χ2n) is 6.36. The van der Waals surface area contributed by atoms with Crippen LogP contribution in [0, 0.1) is 5.82 Å². The molecule has 3 rings (SSSR count). The molecule has 8 heteroatoms. The maximum Gasteiger partial charge on any atom is 0.164 e. The lowest BCUT2D eigenvalue weighted by molar-refractivity contribution is -0.282. The smallest absolute Gasteiger partial charge is 0.164 e. The molecule has 0 saturated heterocycles. The minimum absolute atomic E-state index is 0.154. The molecule has 146 valence electrons. The Morgan fingerprint density at radius 3 is 2.79 bits per heavy atom. The summed E-state index contributed by atoms with van der Waals surface area (Å²) in [5.41, 5.74) is 2.67. The maximum absolute atomic E-state index is 14.3. The lowest BCUT2D eigenvalue weighted by atomic mass is 10.1. The summed E-state index contributed by atoms with van der Waals surface area (Å²) in [4.78, 5) is 22.7. The van der Waals surface area contributed by atoms with Crippen molar-refractivity contribution in [2.24, 2.45) is 0 Å². The molecule has 2 heterocycles. The van der Waals surface area contributed by atoms with E-state index in [2.05, 4.69) is 25.2 Å². The minimum Gasteiger partial charge on any atom is -0.339 e. The zero-order chi connectivity index (χ0) is 20.1. The van der Waals surface area contributed by atoms with E-state index in [1.54, 1.807) is 24.7 Å². The van der Waals surface area contributed by atoms with Gasteiger partial charge in [-0.3, -0.25) is 4.98 Å². The second-order valence-corrected chi connectivity index (χ2v) is 6.80. The summed E-state index contributed by atoms with van der Waals surface area (Å²) in [5, 5.41) is 3.71. The number of rotatable bonds is 7. The first-order valence-corrected chi connectivity index (χ1v) is 9.05. The average molecular weight is 403 g/mol. The maximum atomic E-state index is 14.3. The average Bonchev–Trinajstić information content (AvgIpc) is 2.69. The monoisotopic (exact) mass is 402 g/mol. The van der Waals surface area contributed by atoms with Crippen molar-refractivity contribution in [2.45, 2.75) is 26.4 Å². The fraction of sp³-hybridized carbons (Fsp3) is 0.250. The van der Waals surface area contributed by atoms with Crippen LogP contribution in [0.2, 0.25) is 5.02 Å². The highest BCUT2D eigenvalue weighted by atomic mass is 35.5. The van der Waals surface area contributed by atoms with Crippen molar-refractivity contribution in [1.82, 2.24) is 15.0 Å². The molecule has 1 aromatic carbocycles. The highest BCUT2D eigenvalue weighted by Gasteiger charge is 2.16. The number of hydrogen-bond acceptors (Lipinski definition) is 6. The van der Waals surface area contributed by atoms with E-state index in [9.17, 15) is 4.39 Å². The van der Waals surface area contributed by atoms with Crippen LogP contribution in [0.1, 0.15) is 30.9 Å². The predicted octanol–water partition coefficient (Wildman–Crippen LogP) is 5.28. The van der Waals surface area contributed by atoms with Crippen molar-refractivity contribution >= 4 is 23.1 Å². The molecule has 3 aromatic rings. The van der Waals surface area contributed by atoms with E-state index < -0.39 is 5.82 Å². The molecular formula is C20H20ClFN4O2. The Morgan fingerprint density at radius 1 is 1.21 bits per heavy atom. The van der Waals surface area contributed by atoms with Gasteiger partial charge in [0.2, 0.25) is 0 Å². The van der Waals surface area contributed by atoms with Crippen molar-refractivity contribution in [2.75, 3.05) is 12.4 Å². The van der Waals surface area contributed by atoms with E-state index in [0.717, 1.165) is 16.8 Å². The van der Waals surface area contributed by atoms with E-state index in [1.165, 1.54) is 25.3 Å². The van der Waals surface area contributed by atoms with Crippen molar-refractivity contribution < 1.29 is 14.2 Å². The van der Waals surface area contributed by atoms with Gasteiger partial charge in [0, 0.05) is 40.4 Å². The van der Waals surface area contributed by atoms with Crippen LogP contribution in [0.15, 0.2) is 42.9 Å². The first kappa shape index (κ1) is 20.1. The Morgan fingerprint density at radius 2 is 2.04 bits per heavy atom. The van der Waals surface area contributed by atoms with Gasteiger partial charge in [-0.05, 0) is 30.2 Å². The van der Waals surface area contributed by atoms with Crippen molar-refractivity contribution in [3.8, 4) is 11.4 Å². The fourth-order valence-corrected chi connectivity index (χ4v) is 2.80. The van der Waals surface area contributed by atoms with Gasteiger partial charge in [-0.15, -0.1) is 0 Å². The van der Waals surface area contributed by atoms with Crippen molar-refractivity contribution in [3.05, 3.63) is 64.8 Å². The van der Waals surface area contributed by atoms with Crippen molar-refractivity contribution in [3.63, 3.8) is 0 Å². The van der Waals surface area contributed by atoms with E-state index in [0.29, 0.717) is 10.8 Å². The van der Waals surface area contributed by atoms with Crippen LogP contribution >= 0.6 is 11.6 Å². The summed E-state index contributed by atoms with van der Waals surface area (Å²) in [7, 11) is 1.44. The summed E-state index contributed by atoms with van der Waals surface area (Å²) in [6, 6.07) is 6.10. The highest BCUT2D eigenvalue weighted by molar-refractivity contribution is 6.30. The Labute approximate surface area is 167 Å². The summed E-state index contributed by atoms with van der Waals surface area (Å²) in [5.74, 6) is 0.534. The van der Waals surface area contributed by atoms with Crippen LogP contribution in [0.4, 0.5) is 15.9 Å². The molecule has 0 fully saturated rings. The largest absolute Gasteiger partial charge is 0.339 e. The number of pyridine rings is 1. The highest BCUT2D eigenvalue weighted by Crippen LogP contribution is 2.30. The molecule has 0 aliphatic carbocycles. The number of nitrogens with one attached hydrogen (secondary N) is 1. The molecule has 0 spiro atoms. The van der Waals surface area contributed by atoms with Gasteiger partial charge in [0.15, 0.2) is 5.82 Å². The summed E-state index contributed by atoms with van der Waals surface area (Å²) < 4.78 is 14.3. The number of hydrogen-bond donors (Lipinski definition) is 1. The third-order valence-electron chi connectivity index (χ3n) is 4.10. The van der Waals surface area contributed by atoms with E-state index >= 15 is 0 Å². The van der Waals surface area contributed by atoms with Gasteiger partial charge < -0.3 is 5.32 Å².